The summed E-state index contributed by atoms with van der Waals surface area (Å²) in [5.74, 6) is -1.04. The number of amides is 1. The highest BCUT2D eigenvalue weighted by Gasteiger charge is 2.34. The lowest BCUT2D eigenvalue weighted by Crippen LogP contribution is -2.50. The molecule has 2 aliphatic rings. The number of nitrogens with one attached hydrogen (secondary N) is 1. The molecule has 184 valence electrons. The predicted molar refractivity (Wildman–Crippen MR) is 129 cm³/mol. The molecule has 0 saturated carbocycles. The molecule has 2 heterocycles. The molecule has 34 heavy (non-hydrogen) atoms. The van der Waals surface area contributed by atoms with Gasteiger partial charge in [-0.15, -0.1) is 0 Å². The zero-order valence-corrected chi connectivity index (χ0v) is 20.4. The quantitative estimate of drug-likeness (QED) is 0.648. The maximum Gasteiger partial charge on any atom is 0.243 e. The van der Waals surface area contributed by atoms with Gasteiger partial charge >= 0.3 is 0 Å². The summed E-state index contributed by atoms with van der Waals surface area (Å²) in [6.07, 6.45) is 1.24. The van der Waals surface area contributed by atoms with Crippen molar-refractivity contribution in [2.75, 3.05) is 52.9 Å². The first-order valence-electron chi connectivity index (χ1n) is 11.8. The Bertz CT molecular complexity index is 1060. The van der Waals surface area contributed by atoms with Gasteiger partial charge in [0.15, 0.2) is 0 Å². The molecular formula is C25H33FN4O3S. The Kier molecular flexibility index (Phi) is 7.98. The molecule has 2 fully saturated rings. The van der Waals surface area contributed by atoms with Gasteiger partial charge in [0, 0.05) is 45.8 Å². The number of piperidine rings is 1. The second-order valence-corrected chi connectivity index (χ2v) is 11.2. The van der Waals surface area contributed by atoms with Crippen LogP contribution in [-0.2, 0) is 14.8 Å². The van der Waals surface area contributed by atoms with Crippen molar-refractivity contribution in [3.63, 3.8) is 0 Å². The van der Waals surface area contributed by atoms with Gasteiger partial charge in [-0.25, -0.2) is 12.8 Å². The highest BCUT2D eigenvalue weighted by Crippen LogP contribution is 2.25. The van der Waals surface area contributed by atoms with E-state index in [2.05, 4.69) is 22.2 Å². The maximum absolute atomic E-state index is 13.3. The van der Waals surface area contributed by atoms with Crippen LogP contribution in [0.5, 0.6) is 0 Å². The van der Waals surface area contributed by atoms with E-state index < -0.39 is 21.8 Å². The number of hydrogen-bond acceptors (Lipinski definition) is 5. The van der Waals surface area contributed by atoms with Crippen LogP contribution < -0.4 is 5.32 Å². The van der Waals surface area contributed by atoms with Gasteiger partial charge in [-0.2, -0.15) is 4.31 Å². The molecule has 1 N–H and O–H groups in total. The molecule has 9 heteroatoms. The van der Waals surface area contributed by atoms with E-state index in [4.69, 9.17) is 0 Å². The number of carbonyl (C=O) groups excluding carboxylic acids is 1. The molecule has 2 aromatic rings. The third-order valence-corrected chi connectivity index (χ3v) is 8.64. The Balaban J connectivity index is 1.45. The Morgan fingerprint density at radius 2 is 1.71 bits per heavy atom. The number of likely N-dealkylation sites (N-methyl/N-ethyl adjacent to an activating group) is 1. The monoisotopic (exact) mass is 488 g/mol. The smallest absolute Gasteiger partial charge is 0.243 e. The fraction of sp³-hybridized carbons (Fsp3) is 0.480. The molecule has 0 radical (unpaired) electrons. The van der Waals surface area contributed by atoms with Crippen LogP contribution in [-0.4, -0.2) is 81.3 Å². The number of hydrogen-bond donors (Lipinski definition) is 1. The van der Waals surface area contributed by atoms with Crippen LogP contribution in [0.3, 0.4) is 0 Å². The maximum atomic E-state index is 13.3. The summed E-state index contributed by atoms with van der Waals surface area (Å²) in [5, 5.41) is 3.22. The van der Waals surface area contributed by atoms with Crippen molar-refractivity contribution in [3.05, 3.63) is 66.0 Å². The van der Waals surface area contributed by atoms with Gasteiger partial charge in [0.05, 0.1) is 16.9 Å². The topological polar surface area (TPSA) is 73.0 Å². The van der Waals surface area contributed by atoms with E-state index in [0.717, 1.165) is 43.9 Å². The lowest BCUT2D eigenvalue weighted by Gasteiger charge is -2.36. The van der Waals surface area contributed by atoms with E-state index in [1.165, 1.54) is 16.4 Å². The average Bonchev–Trinajstić information content (AvgIpc) is 2.86. The van der Waals surface area contributed by atoms with Crippen LogP contribution in [0.4, 0.5) is 4.39 Å². The number of carbonyl (C=O) groups is 1. The van der Waals surface area contributed by atoms with E-state index in [1.54, 1.807) is 0 Å². The van der Waals surface area contributed by atoms with Crippen LogP contribution in [0.25, 0.3) is 0 Å². The summed E-state index contributed by atoms with van der Waals surface area (Å²) in [5.41, 5.74) is 1.04. The zero-order valence-electron chi connectivity index (χ0n) is 19.6. The third kappa shape index (κ3) is 6.02. The SMILES string of the molecule is CN1CCN(CC(NC(=O)C2CCCN(S(=O)(=O)c3ccc(F)cc3)C2)c2ccccc2)CC1. The standard InChI is InChI=1S/C25H33FN4O3S/c1-28-14-16-29(17-15-28)19-24(20-6-3-2-4-7-20)27-25(31)21-8-5-13-30(18-21)34(32,33)23-11-9-22(26)10-12-23/h2-4,6-7,9-12,21,24H,5,8,13-19H2,1H3,(H,27,31). The minimum atomic E-state index is -3.78. The number of sulfonamides is 1. The van der Waals surface area contributed by atoms with Crippen molar-refractivity contribution in [3.8, 4) is 0 Å². The lowest BCUT2D eigenvalue weighted by molar-refractivity contribution is -0.127. The van der Waals surface area contributed by atoms with Gasteiger partial charge in [0.25, 0.3) is 0 Å². The van der Waals surface area contributed by atoms with Crippen molar-refractivity contribution in [2.45, 2.75) is 23.8 Å². The van der Waals surface area contributed by atoms with Crippen LogP contribution in [0.1, 0.15) is 24.4 Å². The molecule has 2 atom stereocenters. The Morgan fingerprint density at radius 1 is 1.03 bits per heavy atom. The van der Waals surface area contributed by atoms with Crippen LogP contribution in [0.15, 0.2) is 59.5 Å². The molecule has 2 saturated heterocycles. The van der Waals surface area contributed by atoms with E-state index in [9.17, 15) is 17.6 Å². The van der Waals surface area contributed by atoms with E-state index in [-0.39, 0.29) is 23.4 Å². The number of benzene rings is 2. The summed E-state index contributed by atoms with van der Waals surface area (Å²) in [7, 11) is -1.67. The minimum absolute atomic E-state index is 0.0483. The Labute approximate surface area is 201 Å². The van der Waals surface area contributed by atoms with Gasteiger partial charge in [0.1, 0.15) is 5.82 Å². The summed E-state index contributed by atoms with van der Waals surface area (Å²) in [6, 6.07) is 14.6. The zero-order chi connectivity index (χ0) is 24.1. The highest BCUT2D eigenvalue weighted by atomic mass is 32.2. The second-order valence-electron chi connectivity index (χ2n) is 9.23. The molecule has 0 aromatic heterocycles. The Morgan fingerprint density at radius 3 is 2.38 bits per heavy atom. The van der Waals surface area contributed by atoms with Gasteiger partial charge in [-0.05, 0) is 49.7 Å². The highest BCUT2D eigenvalue weighted by molar-refractivity contribution is 7.89. The van der Waals surface area contributed by atoms with E-state index in [1.807, 2.05) is 30.3 Å². The third-order valence-electron chi connectivity index (χ3n) is 6.76. The summed E-state index contributed by atoms with van der Waals surface area (Å²) in [6.45, 7) is 5.08. The molecule has 0 spiro atoms. The summed E-state index contributed by atoms with van der Waals surface area (Å²) in [4.78, 5) is 18.0. The fourth-order valence-electron chi connectivity index (χ4n) is 4.63. The van der Waals surface area contributed by atoms with Gasteiger partial charge in [-0.3, -0.25) is 9.69 Å². The van der Waals surface area contributed by atoms with Crippen LogP contribution in [0.2, 0.25) is 0 Å². The van der Waals surface area contributed by atoms with Crippen molar-refractivity contribution in [1.82, 2.24) is 19.4 Å². The first-order chi connectivity index (χ1) is 16.3. The predicted octanol–water partition coefficient (Wildman–Crippen LogP) is 2.33. The Hall–Kier alpha value is -2.33. The fourth-order valence-corrected chi connectivity index (χ4v) is 6.15. The minimum Gasteiger partial charge on any atom is -0.348 e. The van der Waals surface area contributed by atoms with Gasteiger partial charge < -0.3 is 10.2 Å². The van der Waals surface area contributed by atoms with E-state index in [0.29, 0.717) is 25.9 Å². The molecule has 2 unspecified atom stereocenters. The number of nitrogens with zero attached hydrogens (tertiary/aromatic N) is 3. The molecule has 2 aromatic carbocycles. The summed E-state index contributed by atoms with van der Waals surface area (Å²) >= 11 is 0. The van der Waals surface area contributed by atoms with Crippen LogP contribution in [0, 0.1) is 11.7 Å². The molecule has 1 amide bonds. The van der Waals surface area contributed by atoms with Crippen molar-refractivity contribution in [1.29, 1.82) is 0 Å². The van der Waals surface area contributed by atoms with Crippen molar-refractivity contribution in [2.24, 2.45) is 5.92 Å². The van der Waals surface area contributed by atoms with Crippen molar-refractivity contribution < 1.29 is 17.6 Å². The molecule has 2 aliphatic heterocycles. The largest absolute Gasteiger partial charge is 0.348 e. The molecular weight excluding hydrogens is 455 g/mol. The first kappa shape index (κ1) is 24.8. The molecule has 4 rings (SSSR count). The first-order valence-corrected chi connectivity index (χ1v) is 13.3. The van der Waals surface area contributed by atoms with E-state index >= 15 is 0 Å². The van der Waals surface area contributed by atoms with Gasteiger partial charge in [0.2, 0.25) is 15.9 Å². The molecule has 7 nitrogen and oxygen atoms in total. The van der Waals surface area contributed by atoms with Crippen LogP contribution >= 0.6 is 0 Å². The number of rotatable bonds is 7. The summed E-state index contributed by atoms with van der Waals surface area (Å²) < 4.78 is 40.7. The lowest BCUT2D eigenvalue weighted by atomic mass is 9.97. The molecule has 0 bridgehead atoms. The molecule has 0 aliphatic carbocycles. The second kappa shape index (κ2) is 10.9. The number of piperazine rings is 1. The normalized spacial score (nSPS) is 21.8. The number of halogens is 1. The average molecular weight is 489 g/mol. The van der Waals surface area contributed by atoms with Gasteiger partial charge in [-0.1, -0.05) is 30.3 Å². The van der Waals surface area contributed by atoms with Crippen molar-refractivity contribution >= 4 is 15.9 Å².